The van der Waals surface area contributed by atoms with Gasteiger partial charge >= 0.3 is 0 Å². The van der Waals surface area contributed by atoms with Crippen molar-refractivity contribution in [3.63, 3.8) is 0 Å². The van der Waals surface area contributed by atoms with Crippen LogP contribution in [0.25, 0.3) is 88.8 Å². The molecule has 0 aliphatic heterocycles. The largest absolute Gasteiger partial charge is 0.264 e. The van der Waals surface area contributed by atoms with Gasteiger partial charge in [-0.15, -0.1) is 0 Å². The first kappa shape index (κ1) is 29.4. The first-order chi connectivity index (χ1) is 24.8. The summed E-state index contributed by atoms with van der Waals surface area (Å²) in [7, 11) is 0. The molecule has 0 atom stereocenters. The van der Waals surface area contributed by atoms with Crippen LogP contribution >= 0.6 is 0 Å². The molecule has 50 heavy (non-hydrogen) atoms. The molecule has 0 bridgehead atoms. The quantitative estimate of drug-likeness (QED) is 0.182. The lowest BCUT2D eigenvalue weighted by Gasteiger charge is -2.13. The summed E-state index contributed by atoms with van der Waals surface area (Å²) >= 11 is 0. The van der Waals surface area contributed by atoms with E-state index in [2.05, 4.69) is 156 Å². The van der Waals surface area contributed by atoms with E-state index in [1.54, 1.807) is 6.20 Å². The van der Waals surface area contributed by atoms with Crippen molar-refractivity contribution < 1.29 is 0 Å². The van der Waals surface area contributed by atoms with Crippen LogP contribution in [-0.4, -0.2) is 19.9 Å². The third-order valence-corrected chi connectivity index (χ3v) is 9.33. The SMILES string of the molecule is c1cncc(-c2ccc(-c3cnc(-c4ccc(-c5cccc6ccccc56)cc4)nc3-c3ccc(-c4cccc5cccnc45)cc3)cc2)c1. The summed E-state index contributed by atoms with van der Waals surface area (Å²) in [5, 5.41) is 3.59. The maximum absolute atomic E-state index is 5.24. The number of hydrogen-bond donors (Lipinski definition) is 0. The van der Waals surface area contributed by atoms with Gasteiger partial charge in [-0.05, 0) is 56.3 Å². The highest BCUT2D eigenvalue weighted by molar-refractivity contribution is 5.97. The zero-order valence-electron chi connectivity index (χ0n) is 27.1. The van der Waals surface area contributed by atoms with Crippen molar-refractivity contribution in [2.75, 3.05) is 0 Å². The number of hydrogen-bond acceptors (Lipinski definition) is 4. The van der Waals surface area contributed by atoms with Gasteiger partial charge in [0.15, 0.2) is 5.82 Å². The van der Waals surface area contributed by atoms with Crippen LogP contribution in [0, 0.1) is 0 Å². The highest BCUT2D eigenvalue weighted by Gasteiger charge is 2.15. The molecule has 3 heterocycles. The molecule has 6 aromatic carbocycles. The summed E-state index contributed by atoms with van der Waals surface area (Å²) in [6.45, 7) is 0. The van der Waals surface area contributed by atoms with E-state index in [1.165, 1.54) is 16.3 Å². The Morgan fingerprint density at radius 3 is 1.72 bits per heavy atom. The molecule has 3 aromatic heterocycles. The lowest BCUT2D eigenvalue weighted by atomic mass is 9.96. The molecule has 0 radical (unpaired) electrons. The second-order valence-corrected chi connectivity index (χ2v) is 12.3. The van der Waals surface area contributed by atoms with Gasteiger partial charge in [0.1, 0.15) is 0 Å². The molecule has 0 fully saturated rings. The van der Waals surface area contributed by atoms with Gasteiger partial charge in [0.05, 0.1) is 11.2 Å². The molecule has 4 heteroatoms. The van der Waals surface area contributed by atoms with Crippen molar-refractivity contribution in [3.8, 4) is 67.2 Å². The van der Waals surface area contributed by atoms with E-state index < -0.39 is 0 Å². The van der Waals surface area contributed by atoms with Gasteiger partial charge in [-0.2, -0.15) is 0 Å². The zero-order chi connectivity index (χ0) is 33.3. The van der Waals surface area contributed by atoms with Crippen LogP contribution in [0.1, 0.15) is 0 Å². The smallest absolute Gasteiger partial charge is 0.159 e. The van der Waals surface area contributed by atoms with Crippen LogP contribution in [0.15, 0.2) is 183 Å². The van der Waals surface area contributed by atoms with Crippen molar-refractivity contribution in [2.45, 2.75) is 0 Å². The van der Waals surface area contributed by atoms with Crippen LogP contribution in [-0.2, 0) is 0 Å². The molecule has 0 unspecified atom stereocenters. The summed E-state index contributed by atoms with van der Waals surface area (Å²) < 4.78 is 0. The minimum atomic E-state index is 0.683. The molecule has 0 N–H and O–H groups in total. The Morgan fingerprint density at radius 2 is 0.940 bits per heavy atom. The van der Waals surface area contributed by atoms with Crippen LogP contribution < -0.4 is 0 Å². The van der Waals surface area contributed by atoms with E-state index in [1.807, 2.05) is 30.7 Å². The summed E-state index contributed by atoms with van der Waals surface area (Å²) in [4.78, 5) is 19.1. The number of fused-ring (bicyclic) bond motifs is 2. The molecule has 0 amide bonds. The first-order valence-electron chi connectivity index (χ1n) is 16.7. The van der Waals surface area contributed by atoms with Gasteiger partial charge in [0.2, 0.25) is 0 Å². The van der Waals surface area contributed by atoms with Crippen LogP contribution in [0.5, 0.6) is 0 Å². The van der Waals surface area contributed by atoms with Gasteiger partial charge in [-0.25, -0.2) is 9.97 Å². The third-order valence-electron chi connectivity index (χ3n) is 9.33. The third kappa shape index (κ3) is 5.49. The fraction of sp³-hybridized carbons (Fsp3) is 0. The average molecular weight is 639 g/mol. The zero-order valence-corrected chi connectivity index (χ0v) is 27.1. The van der Waals surface area contributed by atoms with Crippen molar-refractivity contribution in [2.24, 2.45) is 0 Å². The van der Waals surface area contributed by atoms with E-state index in [4.69, 9.17) is 9.97 Å². The second kappa shape index (κ2) is 12.7. The van der Waals surface area contributed by atoms with Crippen molar-refractivity contribution >= 4 is 21.7 Å². The highest BCUT2D eigenvalue weighted by Crippen LogP contribution is 2.36. The predicted octanol–water partition coefficient (Wildman–Crippen LogP) is 11.6. The van der Waals surface area contributed by atoms with E-state index in [9.17, 15) is 0 Å². The minimum Gasteiger partial charge on any atom is -0.264 e. The number of nitrogens with zero attached hydrogens (tertiary/aromatic N) is 4. The van der Waals surface area contributed by atoms with E-state index in [0.717, 1.165) is 66.7 Å². The van der Waals surface area contributed by atoms with Crippen LogP contribution in [0.2, 0.25) is 0 Å². The summed E-state index contributed by atoms with van der Waals surface area (Å²) in [6, 6.07) is 55.1. The molecule has 4 nitrogen and oxygen atoms in total. The number of aromatic nitrogens is 4. The van der Waals surface area contributed by atoms with Gasteiger partial charge in [0, 0.05) is 52.4 Å². The Labute approximate surface area is 290 Å². The molecular formula is C46H30N4. The molecule has 0 saturated carbocycles. The standard InChI is InChI=1S/C46H30N4/c1-2-12-40-32(7-1)8-3-13-41(40)33-21-25-38(26-22-33)46-49-30-43(35-17-15-31(16-18-35)39-11-5-27-47-29-39)45(50-46)37-23-19-34(20-24-37)42-14-4-9-36-10-6-28-48-44(36)42/h1-30H. The Hall–Kier alpha value is -6.78. The lowest BCUT2D eigenvalue weighted by Crippen LogP contribution is -1.96. The van der Waals surface area contributed by atoms with Gasteiger partial charge in [-0.1, -0.05) is 146 Å². The highest BCUT2D eigenvalue weighted by atomic mass is 14.9. The Bertz CT molecular complexity index is 2600. The summed E-state index contributed by atoms with van der Waals surface area (Å²) in [5.41, 5.74) is 12.7. The Kier molecular flexibility index (Phi) is 7.45. The topological polar surface area (TPSA) is 51.6 Å². The molecule has 0 aliphatic carbocycles. The average Bonchev–Trinajstić information content (AvgIpc) is 3.21. The fourth-order valence-corrected chi connectivity index (χ4v) is 6.75. The van der Waals surface area contributed by atoms with Crippen molar-refractivity contribution in [1.82, 2.24) is 19.9 Å². The van der Waals surface area contributed by atoms with Crippen molar-refractivity contribution in [3.05, 3.63) is 183 Å². The molecule has 0 aliphatic rings. The number of pyridine rings is 2. The Balaban J connectivity index is 1.12. The van der Waals surface area contributed by atoms with E-state index in [0.29, 0.717) is 5.82 Å². The van der Waals surface area contributed by atoms with Crippen molar-refractivity contribution in [1.29, 1.82) is 0 Å². The molecular weight excluding hydrogens is 609 g/mol. The maximum Gasteiger partial charge on any atom is 0.159 e. The second-order valence-electron chi connectivity index (χ2n) is 12.3. The molecule has 9 aromatic rings. The van der Waals surface area contributed by atoms with E-state index >= 15 is 0 Å². The van der Waals surface area contributed by atoms with Gasteiger partial charge < -0.3 is 0 Å². The Morgan fingerprint density at radius 1 is 0.340 bits per heavy atom. The molecule has 0 spiro atoms. The van der Waals surface area contributed by atoms with E-state index in [-0.39, 0.29) is 0 Å². The minimum absolute atomic E-state index is 0.683. The normalized spacial score (nSPS) is 11.2. The fourth-order valence-electron chi connectivity index (χ4n) is 6.75. The molecule has 234 valence electrons. The lowest BCUT2D eigenvalue weighted by molar-refractivity contribution is 1.18. The summed E-state index contributed by atoms with van der Waals surface area (Å²) in [5.74, 6) is 0.683. The summed E-state index contributed by atoms with van der Waals surface area (Å²) in [6.07, 6.45) is 7.49. The number of rotatable bonds is 6. The number of para-hydroxylation sites is 1. The molecule has 9 rings (SSSR count). The maximum atomic E-state index is 5.24. The molecule has 0 saturated heterocycles. The van der Waals surface area contributed by atoms with Crippen LogP contribution in [0.4, 0.5) is 0 Å². The number of benzene rings is 6. The first-order valence-corrected chi connectivity index (χ1v) is 16.7. The van der Waals surface area contributed by atoms with Gasteiger partial charge in [-0.3, -0.25) is 9.97 Å². The monoisotopic (exact) mass is 638 g/mol. The van der Waals surface area contributed by atoms with Crippen LogP contribution in [0.3, 0.4) is 0 Å². The van der Waals surface area contributed by atoms with Gasteiger partial charge in [0.25, 0.3) is 0 Å². The predicted molar refractivity (Wildman–Crippen MR) is 205 cm³/mol.